The van der Waals surface area contributed by atoms with Gasteiger partial charge in [0.1, 0.15) is 0 Å². The number of thiazole rings is 1. The number of nitrogens with one attached hydrogen (secondary N) is 1. The second kappa shape index (κ2) is 7.38. The summed E-state index contributed by atoms with van der Waals surface area (Å²) in [4.78, 5) is 8.50. The van der Waals surface area contributed by atoms with Gasteiger partial charge in [0.2, 0.25) is 0 Å². The second-order valence-electron chi connectivity index (χ2n) is 6.02. The van der Waals surface area contributed by atoms with Crippen molar-refractivity contribution in [1.82, 2.24) is 10.3 Å². The molecule has 0 amide bonds. The highest BCUT2D eigenvalue weighted by atomic mass is 32.1. The number of nitrogens with zero attached hydrogens (tertiary/aromatic N) is 2. The van der Waals surface area contributed by atoms with Crippen LogP contribution in [0.3, 0.4) is 0 Å². The fraction of sp³-hybridized carbons (Fsp3) is 0.800. The highest BCUT2D eigenvalue weighted by Gasteiger charge is 2.30. The summed E-state index contributed by atoms with van der Waals surface area (Å²) in [6.07, 6.45) is 2.62. The Bertz CT molecular complexity index is 415. The van der Waals surface area contributed by atoms with Crippen molar-refractivity contribution in [1.29, 1.82) is 0 Å². The van der Waals surface area contributed by atoms with Crippen molar-refractivity contribution >= 4 is 16.5 Å². The molecule has 0 spiro atoms. The van der Waals surface area contributed by atoms with Gasteiger partial charge in [-0.15, -0.1) is 11.3 Å². The zero-order valence-electron chi connectivity index (χ0n) is 13.1. The van der Waals surface area contributed by atoms with E-state index in [1.54, 1.807) is 7.11 Å². The quantitative estimate of drug-likeness (QED) is 0.760. The molecule has 0 aliphatic heterocycles. The third-order valence-corrected chi connectivity index (χ3v) is 4.66. The van der Waals surface area contributed by atoms with E-state index in [2.05, 4.69) is 31.1 Å². The van der Waals surface area contributed by atoms with Gasteiger partial charge in [-0.1, -0.05) is 13.8 Å². The molecule has 1 aromatic rings. The molecule has 0 unspecified atom stereocenters. The molecule has 4 nitrogen and oxygen atoms in total. The van der Waals surface area contributed by atoms with E-state index in [0.717, 1.165) is 31.4 Å². The molecule has 1 fully saturated rings. The SMILES string of the molecule is COCCN(C)c1nc(C2CC2)c(CNCC(C)C)s1. The van der Waals surface area contributed by atoms with Gasteiger partial charge in [-0.2, -0.15) is 0 Å². The highest BCUT2D eigenvalue weighted by molar-refractivity contribution is 7.15. The number of aromatic nitrogens is 1. The molecule has 1 aromatic heterocycles. The van der Waals surface area contributed by atoms with E-state index >= 15 is 0 Å². The number of anilines is 1. The van der Waals surface area contributed by atoms with Gasteiger partial charge in [0.05, 0.1) is 12.3 Å². The fourth-order valence-corrected chi connectivity index (χ4v) is 3.22. The zero-order chi connectivity index (χ0) is 14.5. The summed E-state index contributed by atoms with van der Waals surface area (Å²) >= 11 is 1.83. The van der Waals surface area contributed by atoms with Gasteiger partial charge >= 0.3 is 0 Å². The van der Waals surface area contributed by atoms with Crippen LogP contribution in [0.4, 0.5) is 5.13 Å². The normalized spacial score (nSPS) is 15.1. The van der Waals surface area contributed by atoms with Crippen LogP contribution in [0, 0.1) is 5.92 Å². The minimum absolute atomic E-state index is 0.691. The molecule has 5 heteroatoms. The Hall–Kier alpha value is -0.650. The topological polar surface area (TPSA) is 37.4 Å². The Kier molecular flexibility index (Phi) is 5.81. The van der Waals surface area contributed by atoms with Crippen LogP contribution in [-0.4, -0.2) is 38.8 Å². The molecule has 2 rings (SSSR count). The summed E-state index contributed by atoms with van der Waals surface area (Å²) in [5.74, 6) is 1.41. The molecular weight excluding hydrogens is 270 g/mol. The van der Waals surface area contributed by atoms with Crippen LogP contribution in [0.5, 0.6) is 0 Å². The van der Waals surface area contributed by atoms with Crippen molar-refractivity contribution < 1.29 is 4.74 Å². The largest absolute Gasteiger partial charge is 0.383 e. The maximum Gasteiger partial charge on any atom is 0.185 e. The summed E-state index contributed by atoms with van der Waals surface area (Å²) in [6.45, 7) is 8.15. The number of hydrogen-bond acceptors (Lipinski definition) is 5. The molecule has 0 radical (unpaired) electrons. The van der Waals surface area contributed by atoms with E-state index in [9.17, 15) is 0 Å². The van der Waals surface area contributed by atoms with Gasteiger partial charge in [0.15, 0.2) is 5.13 Å². The summed E-state index contributed by atoms with van der Waals surface area (Å²) in [5, 5.41) is 4.68. The first-order valence-corrected chi connectivity index (χ1v) is 8.33. The van der Waals surface area contributed by atoms with Gasteiger partial charge in [-0.05, 0) is 25.3 Å². The maximum atomic E-state index is 5.14. The van der Waals surface area contributed by atoms with E-state index in [4.69, 9.17) is 9.72 Å². The average molecular weight is 297 g/mol. The van der Waals surface area contributed by atoms with Crippen molar-refractivity contribution in [3.63, 3.8) is 0 Å². The lowest BCUT2D eigenvalue weighted by atomic mass is 10.2. The molecule has 20 heavy (non-hydrogen) atoms. The Balaban J connectivity index is 1.99. The van der Waals surface area contributed by atoms with E-state index in [0.29, 0.717) is 11.8 Å². The van der Waals surface area contributed by atoms with Crippen molar-refractivity contribution in [2.45, 2.75) is 39.2 Å². The van der Waals surface area contributed by atoms with Crippen LogP contribution < -0.4 is 10.2 Å². The summed E-state index contributed by atoms with van der Waals surface area (Å²) in [7, 11) is 3.84. The molecule has 114 valence electrons. The van der Waals surface area contributed by atoms with E-state index < -0.39 is 0 Å². The van der Waals surface area contributed by atoms with Crippen molar-refractivity contribution in [2.24, 2.45) is 5.92 Å². The molecule has 1 heterocycles. The second-order valence-corrected chi connectivity index (χ2v) is 7.08. The predicted molar refractivity (Wildman–Crippen MR) is 85.8 cm³/mol. The van der Waals surface area contributed by atoms with E-state index in [1.165, 1.54) is 23.4 Å². The van der Waals surface area contributed by atoms with Gasteiger partial charge in [0.25, 0.3) is 0 Å². The van der Waals surface area contributed by atoms with Gasteiger partial charge in [-0.3, -0.25) is 0 Å². The number of ether oxygens (including phenoxy) is 1. The van der Waals surface area contributed by atoms with Crippen LogP contribution in [0.2, 0.25) is 0 Å². The lowest BCUT2D eigenvalue weighted by Gasteiger charge is -2.14. The molecule has 0 saturated heterocycles. The maximum absolute atomic E-state index is 5.14. The van der Waals surface area contributed by atoms with Crippen LogP contribution in [0.1, 0.15) is 43.2 Å². The van der Waals surface area contributed by atoms with Gasteiger partial charge < -0.3 is 15.0 Å². The molecule has 1 aliphatic rings. The van der Waals surface area contributed by atoms with Crippen molar-refractivity contribution in [2.75, 3.05) is 38.8 Å². The first kappa shape index (κ1) is 15.7. The molecule has 0 bridgehead atoms. The third kappa shape index (κ3) is 4.43. The number of methoxy groups -OCH3 is 1. The highest BCUT2D eigenvalue weighted by Crippen LogP contribution is 2.44. The Morgan fingerprint density at radius 3 is 2.80 bits per heavy atom. The molecule has 0 atom stereocenters. The first-order valence-electron chi connectivity index (χ1n) is 7.52. The van der Waals surface area contributed by atoms with Crippen LogP contribution in [-0.2, 0) is 11.3 Å². The minimum Gasteiger partial charge on any atom is -0.383 e. The molecule has 0 aromatic carbocycles. The monoisotopic (exact) mass is 297 g/mol. The number of likely N-dealkylation sites (N-methyl/N-ethyl adjacent to an activating group) is 1. The summed E-state index contributed by atoms with van der Waals surface area (Å²) in [5.41, 5.74) is 1.34. The number of rotatable bonds is 9. The zero-order valence-corrected chi connectivity index (χ0v) is 13.9. The third-order valence-electron chi connectivity index (χ3n) is 3.48. The lowest BCUT2D eigenvalue weighted by molar-refractivity contribution is 0.206. The summed E-state index contributed by atoms with van der Waals surface area (Å²) in [6, 6.07) is 0. The molecular formula is C15H27N3OS. The molecule has 1 aliphatic carbocycles. The van der Waals surface area contributed by atoms with Gasteiger partial charge in [0, 0.05) is 38.0 Å². The predicted octanol–water partition coefficient (Wildman–Crippen LogP) is 2.85. The van der Waals surface area contributed by atoms with Crippen molar-refractivity contribution in [3.05, 3.63) is 10.6 Å². The van der Waals surface area contributed by atoms with Crippen LogP contribution in [0.15, 0.2) is 0 Å². The standard InChI is InChI=1S/C15H27N3OS/c1-11(2)9-16-10-13-14(12-5-6-12)17-15(20-13)18(3)7-8-19-4/h11-12,16H,5-10H2,1-4H3. The van der Waals surface area contributed by atoms with Gasteiger partial charge in [-0.25, -0.2) is 4.98 Å². The Morgan fingerprint density at radius 1 is 1.45 bits per heavy atom. The lowest BCUT2D eigenvalue weighted by Crippen LogP contribution is -2.21. The van der Waals surface area contributed by atoms with Crippen molar-refractivity contribution in [3.8, 4) is 0 Å². The van der Waals surface area contributed by atoms with Crippen LogP contribution in [0.25, 0.3) is 0 Å². The molecule has 1 N–H and O–H groups in total. The minimum atomic E-state index is 0.691. The first-order chi connectivity index (χ1) is 9.61. The molecule has 1 saturated carbocycles. The Labute approximate surface area is 126 Å². The smallest absolute Gasteiger partial charge is 0.185 e. The number of hydrogen-bond donors (Lipinski definition) is 1. The van der Waals surface area contributed by atoms with E-state index in [-0.39, 0.29) is 0 Å². The van der Waals surface area contributed by atoms with E-state index in [1.807, 2.05) is 11.3 Å². The van der Waals surface area contributed by atoms with Crippen LogP contribution >= 0.6 is 11.3 Å². The Morgan fingerprint density at radius 2 is 2.20 bits per heavy atom. The average Bonchev–Trinajstić information content (AvgIpc) is 3.17. The fourth-order valence-electron chi connectivity index (χ4n) is 2.11. The summed E-state index contributed by atoms with van der Waals surface area (Å²) < 4.78 is 5.14.